The Morgan fingerprint density at radius 1 is 1.20 bits per heavy atom. The van der Waals surface area contributed by atoms with E-state index < -0.39 is 15.3 Å². The maximum absolute atomic E-state index is 12.8. The lowest BCUT2D eigenvalue weighted by Gasteiger charge is -2.40. The molecule has 3 rings (SSSR count). The van der Waals surface area contributed by atoms with Gasteiger partial charge in [-0.3, -0.25) is 4.79 Å². The number of carbonyl (C=O) groups excluding carboxylic acids is 1. The van der Waals surface area contributed by atoms with Crippen LogP contribution in [0, 0.1) is 5.92 Å². The molecule has 138 valence electrons. The molecule has 1 atom stereocenters. The van der Waals surface area contributed by atoms with Gasteiger partial charge in [0.2, 0.25) is 10.0 Å². The summed E-state index contributed by atoms with van der Waals surface area (Å²) in [6.07, 6.45) is 0.920. The second-order valence-corrected chi connectivity index (χ2v) is 9.32. The van der Waals surface area contributed by atoms with Crippen LogP contribution in [0.15, 0.2) is 30.3 Å². The highest BCUT2D eigenvalue weighted by atomic mass is 32.2. The van der Waals surface area contributed by atoms with Crippen molar-refractivity contribution < 1.29 is 13.2 Å². The van der Waals surface area contributed by atoms with Crippen LogP contribution >= 0.6 is 0 Å². The normalized spacial score (nSPS) is 22.4. The summed E-state index contributed by atoms with van der Waals surface area (Å²) in [5, 5.41) is -0.456. The fourth-order valence-corrected chi connectivity index (χ4v) is 5.45. The quantitative estimate of drug-likeness (QED) is 0.758. The predicted octanol–water partition coefficient (Wildman–Crippen LogP) is 1.11. The highest BCUT2D eigenvalue weighted by Gasteiger charge is 2.44. The summed E-state index contributed by atoms with van der Waals surface area (Å²) in [5.74, 6) is 0.317. The largest absolute Gasteiger partial charge is 0.336 e. The lowest BCUT2D eigenvalue weighted by Crippen LogP contribution is -2.59. The van der Waals surface area contributed by atoms with Crippen molar-refractivity contribution in [3.05, 3.63) is 35.9 Å². The zero-order valence-electron chi connectivity index (χ0n) is 15.0. The molecule has 6 nitrogen and oxygen atoms in total. The monoisotopic (exact) mass is 365 g/mol. The summed E-state index contributed by atoms with van der Waals surface area (Å²) >= 11 is 0. The molecule has 0 N–H and O–H groups in total. The van der Waals surface area contributed by atoms with Gasteiger partial charge in [-0.1, -0.05) is 25.1 Å². The van der Waals surface area contributed by atoms with Crippen molar-refractivity contribution in [1.29, 1.82) is 0 Å². The van der Waals surface area contributed by atoms with Gasteiger partial charge in [0.25, 0.3) is 5.91 Å². The minimum atomic E-state index is -3.31. The number of nitrogens with zero attached hydrogens (tertiary/aromatic N) is 3. The summed E-state index contributed by atoms with van der Waals surface area (Å²) in [6.45, 7) is 5.83. The molecule has 0 saturated carbocycles. The number of carbonyl (C=O) groups is 1. The van der Waals surface area contributed by atoms with Crippen LogP contribution < -0.4 is 0 Å². The number of hydrogen-bond acceptors (Lipinski definition) is 4. The molecule has 25 heavy (non-hydrogen) atoms. The van der Waals surface area contributed by atoms with Gasteiger partial charge in [-0.25, -0.2) is 12.7 Å². The number of sulfonamides is 1. The van der Waals surface area contributed by atoms with Gasteiger partial charge in [-0.15, -0.1) is 0 Å². The third kappa shape index (κ3) is 3.88. The molecule has 1 amide bonds. The van der Waals surface area contributed by atoms with Gasteiger partial charge in [0.1, 0.15) is 5.25 Å². The number of rotatable bonds is 6. The van der Waals surface area contributed by atoms with Crippen molar-refractivity contribution in [3.63, 3.8) is 0 Å². The van der Waals surface area contributed by atoms with E-state index in [1.807, 2.05) is 18.2 Å². The molecule has 2 saturated heterocycles. The fraction of sp³-hybridized carbons (Fsp3) is 0.611. The van der Waals surface area contributed by atoms with Crippen LogP contribution in [0.1, 0.15) is 23.7 Å². The minimum Gasteiger partial charge on any atom is -0.336 e. The van der Waals surface area contributed by atoms with E-state index in [4.69, 9.17) is 0 Å². The van der Waals surface area contributed by atoms with Crippen LogP contribution in [0.4, 0.5) is 0 Å². The number of likely N-dealkylation sites (tertiary alicyclic amines) is 1. The first-order valence-corrected chi connectivity index (χ1v) is 10.4. The maximum Gasteiger partial charge on any atom is 0.253 e. The molecule has 2 heterocycles. The van der Waals surface area contributed by atoms with Gasteiger partial charge in [-0.2, -0.15) is 0 Å². The standard InChI is InChI=1S/C18H27N3O3S/c1-3-19(2)11-15-9-10-21(12-15)25(23,24)17-13-20(14-17)18(22)16-7-5-4-6-8-16/h4-8,15,17H,3,9-14H2,1-2H3. The van der Waals surface area contributed by atoms with E-state index in [-0.39, 0.29) is 5.91 Å². The van der Waals surface area contributed by atoms with E-state index in [9.17, 15) is 13.2 Å². The molecule has 2 aliphatic heterocycles. The van der Waals surface area contributed by atoms with E-state index >= 15 is 0 Å². The highest BCUT2D eigenvalue weighted by Crippen LogP contribution is 2.27. The van der Waals surface area contributed by atoms with E-state index in [2.05, 4.69) is 18.9 Å². The van der Waals surface area contributed by atoms with Gasteiger partial charge in [0, 0.05) is 38.3 Å². The van der Waals surface area contributed by atoms with E-state index in [0.717, 1.165) is 19.5 Å². The van der Waals surface area contributed by atoms with Crippen LogP contribution in [0.3, 0.4) is 0 Å². The average molecular weight is 365 g/mol. The lowest BCUT2D eigenvalue weighted by molar-refractivity contribution is 0.0655. The van der Waals surface area contributed by atoms with Crippen molar-refractivity contribution in [2.45, 2.75) is 18.6 Å². The second-order valence-electron chi connectivity index (χ2n) is 7.11. The first kappa shape index (κ1) is 18.4. The second kappa shape index (κ2) is 7.43. The van der Waals surface area contributed by atoms with Crippen molar-refractivity contribution in [2.24, 2.45) is 5.92 Å². The van der Waals surface area contributed by atoms with E-state index in [1.165, 1.54) is 0 Å². The topological polar surface area (TPSA) is 60.9 Å². The lowest BCUT2D eigenvalue weighted by atomic mass is 10.1. The molecule has 0 bridgehead atoms. The molecular formula is C18H27N3O3S. The molecule has 0 aliphatic carbocycles. The van der Waals surface area contributed by atoms with Crippen molar-refractivity contribution >= 4 is 15.9 Å². The zero-order chi connectivity index (χ0) is 18.0. The highest BCUT2D eigenvalue weighted by molar-refractivity contribution is 7.89. The van der Waals surface area contributed by atoms with Crippen LogP contribution in [-0.4, -0.2) is 80.0 Å². The van der Waals surface area contributed by atoms with Crippen LogP contribution in [0.5, 0.6) is 0 Å². The molecule has 0 aromatic heterocycles. The third-order valence-corrected chi connectivity index (χ3v) is 7.49. The SMILES string of the molecule is CCN(C)CC1CCN(S(=O)(=O)C2CN(C(=O)c3ccccc3)C2)C1. The Morgan fingerprint density at radius 3 is 2.52 bits per heavy atom. The molecule has 0 radical (unpaired) electrons. The van der Waals surface area contributed by atoms with Gasteiger partial charge in [0.15, 0.2) is 0 Å². The molecule has 1 aromatic carbocycles. The maximum atomic E-state index is 12.8. The first-order chi connectivity index (χ1) is 11.9. The minimum absolute atomic E-state index is 0.0871. The molecule has 7 heteroatoms. The van der Waals surface area contributed by atoms with E-state index in [1.54, 1.807) is 21.3 Å². The zero-order valence-corrected chi connectivity index (χ0v) is 15.8. The Kier molecular flexibility index (Phi) is 5.46. The van der Waals surface area contributed by atoms with Gasteiger partial charge >= 0.3 is 0 Å². The van der Waals surface area contributed by atoms with Crippen molar-refractivity contribution in [3.8, 4) is 0 Å². The Balaban J connectivity index is 1.54. The number of amides is 1. The molecule has 0 spiro atoms. The van der Waals surface area contributed by atoms with Gasteiger partial charge in [-0.05, 0) is 38.1 Å². The van der Waals surface area contributed by atoms with Crippen LogP contribution in [0.2, 0.25) is 0 Å². The molecule has 1 aromatic rings. The first-order valence-electron chi connectivity index (χ1n) is 8.93. The average Bonchev–Trinajstić information content (AvgIpc) is 3.03. The Labute approximate surface area is 150 Å². The summed E-state index contributed by atoms with van der Waals surface area (Å²) < 4.78 is 27.2. The van der Waals surface area contributed by atoms with E-state index in [0.29, 0.717) is 37.7 Å². The number of hydrogen-bond donors (Lipinski definition) is 0. The molecule has 2 aliphatic rings. The summed E-state index contributed by atoms with van der Waals surface area (Å²) in [5.41, 5.74) is 0.613. The molecule has 1 unspecified atom stereocenters. The smallest absolute Gasteiger partial charge is 0.253 e. The Bertz CT molecular complexity index is 702. The molecular weight excluding hydrogens is 338 g/mol. The third-order valence-electron chi connectivity index (χ3n) is 5.30. The van der Waals surface area contributed by atoms with Crippen LogP contribution in [-0.2, 0) is 10.0 Å². The Hall–Kier alpha value is -1.44. The van der Waals surface area contributed by atoms with Gasteiger partial charge in [0.05, 0.1) is 0 Å². The van der Waals surface area contributed by atoms with Crippen molar-refractivity contribution in [2.75, 3.05) is 46.3 Å². The summed E-state index contributed by atoms with van der Waals surface area (Å²) in [7, 11) is -1.24. The van der Waals surface area contributed by atoms with Gasteiger partial charge < -0.3 is 9.80 Å². The van der Waals surface area contributed by atoms with Crippen molar-refractivity contribution in [1.82, 2.24) is 14.1 Å². The summed E-state index contributed by atoms with van der Waals surface area (Å²) in [4.78, 5) is 16.2. The molecule has 2 fully saturated rings. The van der Waals surface area contributed by atoms with Crippen LogP contribution in [0.25, 0.3) is 0 Å². The summed E-state index contributed by atoms with van der Waals surface area (Å²) in [6, 6.07) is 9.02. The fourth-order valence-electron chi connectivity index (χ4n) is 3.51. The number of benzene rings is 1. The Morgan fingerprint density at radius 2 is 1.88 bits per heavy atom. The predicted molar refractivity (Wildman–Crippen MR) is 97.9 cm³/mol.